The molecule has 162 valence electrons. The van der Waals surface area contributed by atoms with Crippen molar-refractivity contribution >= 4 is 35.0 Å². The maximum absolute atomic E-state index is 12.9. The van der Waals surface area contributed by atoms with Gasteiger partial charge in [0.25, 0.3) is 0 Å². The Bertz CT molecular complexity index is 973. The zero-order valence-electron chi connectivity index (χ0n) is 17.5. The molecule has 1 saturated heterocycles. The second-order valence-corrected chi connectivity index (χ2v) is 7.58. The summed E-state index contributed by atoms with van der Waals surface area (Å²) in [5, 5.41) is 15.4. The van der Waals surface area contributed by atoms with Crippen LogP contribution in [0, 0.1) is 18.4 Å². The highest BCUT2D eigenvalue weighted by Gasteiger charge is 2.32. The molecule has 3 rings (SSSR count). The van der Waals surface area contributed by atoms with Crippen molar-refractivity contribution in [2.45, 2.75) is 13.0 Å². The number of rotatable bonds is 4. The second kappa shape index (κ2) is 10.7. The first-order valence-corrected chi connectivity index (χ1v) is 10.3. The number of halogens is 1. The number of para-hydroxylation sites is 1. The molecule has 0 spiro atoms. The zero-order chi connectivity index (χ0) is 22.2. The van der Waals surface area contributed by atoms with Crippen LogP contribution in [0.1, 0.15) is 5.56 Å². The fourth-order valence-corrected chi connectivity index (χ4v) is 3.54. The Kier molecular flexibility index (Phi) is 7.70. The summed E-state index contributed by atoms with van der Waals surface area (Å²) in [6, 6.07) is 14.3. The van der Waals surface area contributed by atoms with Gasteiger partial charge in [-0.2, -0.15) is 5.26 Å². The van der Waals surface area contributed by atoms with Gasteiger partial charge in [0, 0.05) is 37.5 Å². The smallest absolute Gasteiger partial charge is 0.322 e. The number of aliphatic imine (C=N–C) groups is 1. The molecule has 1 heterocycles. The van der Waals surface area contributed by atoms with Crippen molar-refractivity contribution in [1.29, 1.82) is 5.26 Å². The van der Waals surface area contributed by atoms with E-state index in [0.717, 1.165) is 11.3 Å². The van der Waals surface area contributed by atoms with E-state index in [1.54, 1.807) is 36.3 Å². The number of carbonyl (C=O) groups is 1. The number of aryl methyl sites for hydroxylation is 1. The summed E-state index contributed by atoms with van der Waals surface area (Å²) in [4.78, 5) is 21.2. The molecule has 2 amide bonds. The number of hydrogen-bond donors (Lipinski definition) is 2. The largest absolute Gasteiger partial charge is 0.382 e. The Morgan fingerprint density at radius 2 is 2.00 bits per heavy atom. The lowest BCUT2D eigenvalue weighted by Gasteiger charge is -2.41. The summed E-state index contributed by atoms with van der Waals surface area (Å²) in [6.07, 6.45) is 1.97. The SMILES string of the molecule is COCC1CN(C(=Nc2ccccc2C)NC#N)CCN1C(=O)Nc1ccc(Cl)cc1. The van der Waals surface area contributed by atoms with E-state index in [1.165, 1.54) is 0 Å². The third-order valence-electron chi connectivity index (χ3n) is 5.01. The van der Waals surface area contributed by atoms with Gasteiger partial charge in [-0.25, -0.2) is 9.79 Å². The number of amides is 2. The number of anilines is 1. The Balaban J connectivity index is 1.76. The third-order valence-corrected chi connectivity index (χ3v) is 5.26. The quantitative estimate of drug-likeness (QED) is 0.328. The summed E-state index contributed by atoms with van der Waals surface area (Å²) in [7, 11) is 1.60. The van der Waals surface area contributed by atoms with Crippen LogP contribution < -0.4 is 10.6 Å². The van der Waals surface area contributed by atoms with Gasteiger partial charge in [0.05, 0.1) is 18.3 Å². The molecular weight excluding hydrogens is 416 g/mol. The van der Waals surface area contributed by atoms with Crippen molar-refractivity contribution in [2.24, 2.45) is 4.99 Å². The van der Waals surface area contributed by atoms with Gasteiger partial charge in [-0.3, -0.25) is 5.32 Å². The van der Waals surface area contributed by atoms with E-state index in [2.05, 4.69) is 15.6 Å². The fourth-order valence-electron chi connectivity index (χ4n) is 3.41. The summed E-state index contributed by atoms with van der Waals surface area (Å²) >= 11 is 5.92. The third kappa shape index (κ3) is 5.87. The monoisotopic (exact) mass is 440 g/mol. The molecule has 0 bridgehead atoms. The van der Waals surface area contributed by atoms with Crippen molar-refractivity contribution < 1.29 is 9.53 Å². The lowest BCUT2D eigenvalue weighted by atomic mass is 10.2. The van der Waals surface area contributed by atoms with Crippen molar-refractivity contribution in [1.82, 2.24) is 15.1 Å². The number of benzene rings is 2. The summed E-state index contributed by atoms with van der Waals surface area (Å²) in [5.41, 5.74) is 2.46. The van der Waals surface area contributed by atoms with Crippen LogP contribution in [0.25, 0.3) is 0 Å². The number of nitrogens with one attached hydrogen (secondary N) is 2. The van der Waals surface area contributed by atoms with Crippen molar-refractivity contribution in [3.05, 3.63) is 59.1 Å². The molecule has 0 aromatic heterocycles. The molecule has 0 aliphatic carbocycles. The Morgan fingerprint density at radius 3 is 2.68 bits per heavy atom. The predicted octanol–water partition coefficient (Wildman–Crippen LogP) is 3.57. The van der Waals surface area contributed by atoms with Crippen LogP contribution in [0.5, 0.6) is 0 Å². The number of nitrogens with zero attached hydrogens (tertiary/aromatic N) is 4. The molecule has 1 atom stereocenters. The average Bonchev–Trinajstić information content (AvgIpc) is 2.76. The topological polar surface area (TPSA) is 93.0 Å². The van der Waals surface area contributed by atoms with Crippen LogP contribution in [0.15, 0.2) is 53.5 Å². The first kappa shape index (κ1) is 22.4. The molecular formula is C22H25ClN6O2. The minimum absolute atomic E-state index is 0.213. The molecule has 2 N–H and O–H groups in total. The number of urea groups is 1. The minimum atomic E-state index is -0.214. The van der Waals surface area contributed by atoms with Crippen molar-refractivity contribution in [3.8, 4) is 6.19 Å². The van der Waals surface area contributed by atoms with Gasteiger partial charge in [0.1, 0.15) is 0 Å². The average molecular weight is 441 g/mol. The number of piperazine rings is 1. The molecule has 31 heavy (non-hydrogen) atoms. The van der Waals surface area contributed by atoms with E-state index in [9.17, 15) is 10.1 Å². The molecule has 8 nitrogen and oxygen atoms in total. The first-order valence-electron chi connectivity index (χ1n) is 9.88. The highest BCUT2D eigenvalue weighted by molar-refractivity contribution is 6.30. The molecule has 0 saturated carbocycles. The van der Waals surface area contributed by atoms with Crippen LogP contribution in [0.3, 0.4) is 0 Å². The second-order valence-electron chi connectivity index (χ2n) is 7.14. The standard InChI is InChI=1S/C22H25ClN6O2/c1-16-5-3-4-6-20(16)27-21(25-15-24)28-11-12-29(19(13-28)14-31-2)22(30)26-18-9-7-17(23)8-10-18/h3-10,19H,11-14H2,1-2H3,(H,25,27)(H,26,30). The van der Waals surface area contributed by atoms with E-state index < -0.39 is 0 Å². The van der Waals surface area contributed by atoms with Gasteiger partial charge < -0.3 is 19.9 Å². The lowest BCUT2D eigenvalue weighted by molar-refractivity contribution is 0.0701. The van der Waals surface area contributed by atoms with E-state index in [1.807, 2.05) is 42.3 Å². The Morgan fingerprint density at radius 1 is 1.26 bits per heavy atom. The molecule has 1 fully saturated rings. The first-order chi connectivity index (χ1) is 15.0. The molecule has 1 aliphatic heterocycles. The number of nitriles is 1. The van der Waals surface area contributed by atoms with Gasteiger partial charge in [-0.05, 0) is 42.8 Å². The van der Waals surface area contributed by atoms with Crippen LogP contribution in [0.4, 0.5) is 16.2 Å². The number of carbonyl (C=O) groups excluding carboxylic acids is 1. The molecule has 9 heteroatoms. The summed E-state index contributed by atoms with van der Waals surface area (Å²) < 4.78 is 5.36. The van der Waals surface area contributed by atoms with Crippen molar-refractivity contribution in [3.63, 3.8) is 0 Å². The van der Waals surface area contributed by atoms with Crippen LogP contribution >= 0.6 is 11.6 Å². The lowest BCUT2D eigenvalue weighted by Crippen LogP contribution is -2.60. The Labute approximate surface area is 187 Å². The molecule has 0 radical (unpaired) electrons. The predicted molar refractivity (Wildman–Crippen MR) is 121 cm³/mol. The maximum atomic E-state index is 12.9. The molecule has 1 aliphatic rings. The van der Waals surface area contributed by atoms with Crippen LogP contribution in [0.2, 0.25) is 5.02 Å². The number of guanidine groups is 1. The van der Waals surface area contributed by atoms with Gasteiger partial charge in [0.2, 0.25) is 5.96 Å². The van der Waals surface area contributed by atoms with E-state index in [0.29, 0.717) is 42.9 Å². The summed E-state index contributed by atoms with van der Waals surface area (Å²) in [5.74, 6) is 0.454. The van der Waals surface area contributed by atoms with Crippen LogP contribution in [-0.4, -0.2) is 61.2 Å². The number of hydrogen-bond acceptors (Lipinski definition) is 4. The number of ether oxygens (including phenoxy) is 1. The normalized spacial score (nSPS) is 16.6. The van der Waals surface area contributed by atoms with E-state index in [-0.39, 0.29) is 12.1 Å². The minimum Gasteiger partial charge on any atom is -0.382 e. The van der Waals surface area contributed by atoms with Crippen molar-refractivity contribution in [2.75, 3.05) is 38.7 Å². The maximum Gasteiger partial charge on any atom is 0.322 e. The summed E-state index contributed by atoms with van der Waals surface area (Å²) in [6.45, 7) is 3.77. The Hall–Kier alpha value is -3.28. The van der Waals surface area contributed by atoms with Gasteiger partial charge in [-0.15, -0.1) is 0 Å². The van der Waals surface area contributed by atoms with E-state index in [4.69, 9.17) is 16.3 Å². The van der Waals surface area contributed by atoms with Gasteiger partial charge in [-0.1, -0.05) is 29.8 Å². The highest BCUT2D eigenvalue weighted by Crippen LogP contribution is 2.20. The van der Waals surface area contributed by atoms with Gasteiger partial charge in [0.15, 0.2) is 6.19 Å². The van der Waals surface area contributed by atoms with E-state index >= 15 is 0 Å². The fraction of sp³-hybridized carbons (Fsp3) is 0.318. The zero-order valence-corrected chi connectivity index (χ0v) is 18.3. The molecule has 1 unspecified atom stereocenters. The molecule has 2 aromatic carbocycles. The van der Waals surface area contributed by atoms with Gasteiger partial charge >= 0.3 is 6.03 Å². The highest BCUT2D eigenvalue weighted by atomic mass is 35.5. The van der Waals surface area contributed by atoms with Crippen LogP contribution in [-0.2, 0) is 4.74 Å². The molecule has 2 aromatic rings. The number of methoxy groups -OCH3 is 1.